The summed E-state index contributed by atoms with van der Waals surface area (Å²) in [6.45, 7) is 2.83. The minimum absolute atomic E-state index is 0.285. The molecular weight excluding hydrogens is 423 g/mol. The Morgan fingerprint density at radius 2 is 2.00 bits per heavy atom. The standard InChI is InChI=1S/C21H22ClFN6O2/c1-30-12-19-25-26-21(29(19)15-4-6-20(31-2)24-8-15)27-9-13-10-28(18(13)11-27)17-5-3-14(23)7-16(17)22/h3-8,13,18H,9-12H2,1-2H3. The predicted molar refractivity (Wildman–Crippen MR) is 115 cm³/mol. The first kappa shape index (κ1) is 20.0. The Balaban J connectivity index is 1.42. The zero-order valence-corrected chi connectivity index (χ0v) is 18.0. The fraction of sp³-hybridized carbons (Fsp3) is 0.381. The van der Waals surface area contributed by atoms with Gasteiger partial charge >= 0.3 is 0 Å². The van der Waals surface area contributed by atoms with Gasteiger partial charge in [0, 0.05) is 38.7 Å². The van der Waals surface area contributed by atoms with E-state index in [4.69, 9.17) is 21.1 Å². The highest BCUT2D eigenvalue weighted by atomic mass is 35.5. The van der Waals surface area contributed by atoms with E-state index in [1.165, 1.54) is 12.1 Å². The Morgan fingerprint density at radius 1 is 1.13 bits per heavy atom. The van der Waals surface area contributed by atoms with E-state index in [1.807, 2.05) is 16.7 Å². The number of rotatable bonds is 6. The quantitative estimate of drug-likeness (QED) is 0.579. The van der Waals surface area contributed by atoms with Crippen LogP contribution in [0.4, 0.5) is 16.0 Å². The van der Waals surface area contributed by atoms with Crippen LogP contribution in [0.3, 0.4) is 0 Å². The van der Waals surface area contributed by atoms with Crippen LogP contribution >= 0.6 is 11.6 Å². The average Bonchev–Trinajstić information content (AvgIpc) is 3.31. The van der Waals surface area contributed by atoms with E-state index in [2.05, 4.69) is 25.0 Å². The molecule has 0 radical (unpaired) electrons. The van der Waals surface area contributed by atoms with Crippen molar-refractivity contribution in [3.05, 3.63) is 53.2 Å². The van der Waals surface area contributed by atoms with Crippen molar-refractivity contribution in [2.75, 3.05) is 43.7 Å². The molecule has 0 amide bonds. The van der Waals surface area contributed by atoms with Crippen LogP contribution in [0.2, 0.25) is 5.02 Å². The molecular formula is C21H22ClFN6O2. The van der Waals surface area contributed by atoms with Gasteiger partial charge in [0.1, 0.15) is 12.4 Å². The maximum atomic E-state index is 13.5. The minimum atomic E-state index is -0.328. The molecule has 2 aliphatic rings. The van der Waals surface area contributed by atoms with Crippen molar-refractivity contribution in [3.8, 4) is 11.6 Å². The molecule has 0 N–H and O–H groups in total. The van der Waals surface area contributed by atoms with Crippen molar-refractivity contribution in [2.45, 2.75) is 12.6 Å². The minimum Gasteiger partial charge on any atom is -0.481 e. The molecule has 1 aromatic carbocycles. The number of hydrogen-bond acceptors (Lipinski definition) is 7. The van der Waals surface area contributed by atoms with Crippen LogP contribution < -0.4 is 14.5 Å². The molecule has 2 aromatic heterocycles. The third-order valence-corrected chi connectivity index (χ3v) is 6.22. The van der Waals surface area contributed by atoms with Gasteiger partial charge in [-0.05, 0) is 24.3 Å². The molecule has 0 aliphatic carbocycles. The molecule has 4 heterocycles. The predicted octanol–water partition coefficient (Wildman–Crippen LogP) is 2.93. The summed E-state index contributed by atoms with van der Waals surface area (Å²) in [5.41, 5.74) is 1.71. The number of anilines is 2. The van der Waals surface area contributed by atoms with Gasteiger partial charge in [-0.3, -0.25) is 4.57 Å². The molecule has 162 valence electrons. The number of aromatic nitrogens is 4. The van der Waals surface area contributed by atoms with E-state index in [-0.39, 0.29) is 11.9 Å². The third kappa shape index (κ3) is 3.47. The summed E-state index contributed by atoms with van der Waals surface area (Å²) in [4.78, 5) is 8.78. The summed E-state index contributed by atoms with van der Waals surface area (Å²) in [6.07, 6.45) is 1.74. The Bertz CT molecular complexity index is 1090. The molecule has 5 rings (SSSR count). The number of fused-ring (bicyclic) bond motifs is 1. The second-order valence-electron chi connectivity index (χ2n) is 7.72. The van der Waals surface area contributed by atoms with Crippen molar-refractivity contribution >= 4 is 23.2 Å². The van der Waals surface area contributed by atoms with E-state index in [0.29, 0.717) is 29.3 Å². The van der Waals surface area contributed by atoms with Crippen LogP contribution in [0, 0.1) is 11.7 Å². The van der Waals surface area contributed by atoms with Gasteiger partial charge in [-0.15, -0.1) is 10.2 Å². The van der Waals surface area contributed by atoms with Crippen LogP contribution in [-0.4, -0.2) is 59.6 Å². The highest BCUT2D eigenvalue weighted by Gasteiger charge is 2.47. The molecule has 10 heteroatoms. The lowest BCUT2D eigenvalue weighted by Gasteiger charge is -2.45. The number of hydrogen-bond donors (Lipinski definition) is 0. The van der Waals surface area contributed by atoms with Crippen molar-refractivity contribution in [1.82, 2.24) is 19.7 Å². The lowest BCUT2D eigenvalue weighted by atomic mass is 9.91. The van der Waals surface area contributed by atoms with Crippen molar-refractivity contribution in [2.24, 2.45) is 5.92 Å². The lowest BCUT2D eigenvalue weighted by molar-refractivity contribution is 0.176. The Kier molecular flexibility index (Phi) is 5.15. The van der Waals surface area contributed by atoms with Crippen LogP contribution in [0.25, 0.3) is 5.69 Å². The molecule has 2 atom stereocenters. The largest absolute Gasteiger partial charge is 0.481 e. The number of benzene rings is 1. The van der Waals surface area contributed by atoms with Crippen molar-refractivity contribution < 1.29 is 13.9 Å². The summed E-state index contributed by atoms with van der Waals surface area (Å²) >= 11 is 6.30. The molecule has 31 heavy (non-hydrogen) atoms. The molecule has 2 saturated heterocycles. The molecule has 8 nitrogen and oxygen atoms in total. The van der Waals surface area contributed by atoms with Crippen molar-refractivity contribution in [3.63, 3.8) is 0 Å². The lowest BCUT2D eigenvalue weighted by Crippen LogP contribution is -2.56. The van der Waals surface area contributed by atoms with Gasteiger partial charge in [0.2, 0.25) is 11.8 Å². The molecule has 2 fully saturated rings. The van der Waals surface area contributed by atoms with E-state index in [0.717, 1.165) is 37.0 Å². The average molecular weight is 445 g/mol. The summed E-state index contributed by atoms with van der Waals surface area (Å²) in [5, 5.41) is 9.25. The van der Waals surface area contributed by atoms with E-state index < -0.39 is 0 Å². The number of halogens is 2. The summed E-state index contributed by atoms with van der Waals surface area (Å²) in [7, 11) is 3.22. The summed E-state index contributed by atoms with van der Waals surface area (Å²) < 4.78 is 25.9. The topological polar surface area (TPSA) is 68.5 Å². The zero-order valence-electron chi connectivity index (χ0n) is 17.2. The number of methoxy groups -OCH3 is 2. The van der Waals surface area contributed by atoms with E-state index in [1.54, 1.807) is 26.5 Å². The maximum Gasteiger partial charge on any atom is 0.232 e. The molecule has 0 saturated carbocycles. The molecule has 0 spiro atoms. The fourth-order valence-corrected chi connectivity index (χ4v) is 4.69. The maximum absolute atomic E-state index is 13.5. The van der Waals surface area contributed by atoms with Gasteiger partial charge in [-0.1, -0.05) is 11.6 Å². The molecule has 2 unspecified atom stereocenters. The van der Waals surface area contributed by atoms with Gasteiger partial charge in [-0.2, -0.15) is 0 Å². The monoisotopic (exact) mass is 444 g/mol. The van der Waals surface area contributed by atoms with Crippen LogP contribution in [0.15, 0.2) is 36.5 Å². The Labute approximate surface area is 184 Å². The number of nitrogens with zero attached hydrogens (tertiary/aromatic N) is 6. The number of ether oxygens (including phenoxy) is 2. The van der Waals surface area contributed by atoms with Crippen LogP contribution in [0.5, 0.6) is 5.88 Å². The molecule has 2 aliphatic heterocycles. The molecule has 3 aromatic rings. The second-order valence-corrected chi connectivity index (χ2v) is 8.13. The van der Waals surface area contributed by atoms with Gasteiger partial charge in [0.05, 0.1) is 35.7 Å². The summed E-state index contributed by atoms with van der Waals surface area (Å²) in [5.74, 6) is 2.13. The zero-order chi connectivity index (χ0) is 21.5. The smallest absolute Gasteiger partial charge is 0.232 e. The highest BCUT2D eigenvalue weighted by molar-refractivity contribution is 6.33. The number of pyridine rings is 1. The first-order valence-electron chi connectivity index (χ1n) is 9.99. The first-order chi connectivity index (χ1) is 15.1. The van der Waals surface area contributed by atoms with Crippen LogP contribution in [0.1, 0.15) is 5.82 Å². The van der Waals surface area contributed by atoms with E-state index >= 15 is 0 Å². The van der Waals surface area contributed by atoms with Gasteiger partial charge in [0.25, 0.3) is 0 Å². The third-order valence-electron chi connectivity index (χ3n) is 5.91. The SMILES string of the molecule is COCc1nnc(N2CC3CN(c4ccc(F)cc4Cl)C3C2)n1-c1ccc(OC)nc1. The van der Waals surface area contributed by atoms with Gasteiger partial charge in [0.15, 0.2) is 5.82 Å². The normalized spacial score (nSPS) is 20.0. The van der Waals surface area contributed by atoms with Gasteiger partial charge < -0.3 is 19.3 Å². The Hall–Kier alpha value is -2.91. The van der Waals surface area contributed by atoms with Crippen LogP contribution in [-0.2, 0) is 11.3 Å². The van der Waals surface area contributed by atoms with E-state index in [9.17, 15) is 4.39 Å². The second kappa shape index (κ2) is 7.97. The highest BCUT2D eigenvalue weighted by Crippen LogP contribution is 2.41. The van der Waals surface area contributed by atoms with Gasteiger partial charge in [-0.25, -0.2) is 9.37 Å². The van der Waals surface area contributed by atoms with Crippen molar-refractivity contribution in [1.29, 1.82) is 0 Å². The first-order valence-corrected chi connectivity index (χ1v) is 10.4. The molecule has 0 bridgehead atoms. The fourth-order valence-electron chi connectivity index (χ4n) is 4.42. The summed E-state index contributed by atoms with van der Waals surface area (Å²) in [6, 6.07) is 8.58. The Morgan fingerprint density at radius 3 is 2.71 bits per heavy atom.